The predicted octanol–water partition coefficient (Wildman–Crippen LogP) is 3.05. The van der Waals surface area contributed by atoms with E-state index in [9.17, 15) is 4.79 Å². The molecule has 0 bridgehead atoms. The fraction of sp³-hybridized carbons (Fsp3) is 0.375. The summed E-state index contributed by atoms with van der Waals surface area (Å²) >= 11 is 0. The molecule has 5 rings (SSSR count). The van der Waals surface area contributed by atoms with Crippen molar-refractivity contribution in [1.82, 2.24) is 19.5 Å². The molecule has 8 nitrogen and oxygen atoms in total. The Labute approximate surface area is 188 Å². The number of carbonyl (C=O) groups is 1. The van der Waals surface area contributed by atoms with Gasteiger partial charge in [-0.25, -0.2) is 14.8 Å². The van der Waals surface area contributed by atoms with Crippen LogP contribution in [0.3, 0.4) is 0 Å². The second kappa shape index (κ2) is 8.72. The molecule has 3 aliphatic rings. The number of hydrogen-bond donors (Lipinski definition) is 2. The largest absolute Gasteiger partial charge is 0.342 e. The first-order chi connectivity index (χ1) is 15.5. The lowest BCUT2D eigenvalue weighted by atomic mass is 9.97. The molecule has 3 atom stereocenters. The number of amides is 2. The average Bonchev–Trinajstić information content (AvgIpc) is 3.40. The van der Waals surface area contributed by atoms with Gasteiger partial charge in [0.05, 0.1) is 18.1 Å². The molecule has 3 heterocycles. The molecular weight excluding hydrogens is 402 g/mol. The fourth-order valence-electron chi connectivity index (χ4n) is 4.63. The third kappa shape index (κ3) is 4.37. The Morgan fingerprint density at radius 2 is 2.12 bits per heavy atom. The van der Waals surface area contributed by atoms with Gasteiger partial charge < -0.3 is 15.6 Å². The van der Waals surface area contributed by atoms with Crippen LogP contribution in [0.25, 0.3) is 5.69 Å². The molecule has 32 heavy (non-hydrogen) atoms. The van der Waals surface area contributed by atoms with Gasteiger partial charge in [0, 0.05) is 48.8 Å². The van der Waals surface area contributed by atoms with Crippen LogP contribution in [0, 0.1) is 12.8 Å². The first-order valence-corrected chi connectivity index (χ1v) is 11.2. The molecule has 1 fully saturated rings. The standard InChI is InChI=1S/C24H29N7O/c1-17-13-30(16-26-17)22-10-18(14-29-8-4-6-20(25)15-29)9-21(11-22)28-24(32)31-23-7-3-2-5-19(23)12-27-31/h2-3,5,7,9-13,16,19-20,23H,4,6,8,14-15,25H2,1H3,(H,28,32)/t19?,20-,23?/m0/s1. The zero-order valence-corrected chi connectivity index (χ0v) is 18.3. The van der Waals surface area contributed by atoms with Gasteiger partial charge in [-0.1, -0.05) is 24.3 Å². The summed E-state index contributed by atoms with van der Waals surface area (Å²) in [6.07, 6.45) is 15.8. The maximum absolute atomic E-state index is 13.1. The van der Waals surface area contributed by atoms with E-state index in [0.29, 0.717) is 0 Å². The Morgan fingerprint density at radius 1 is 1.25 bits per heavy atom. The van der Waals surface area contributed by atoms with Crippen molar-refractivity contribution >= 4 is 17.9 Å². The van der Waals surface area contributed by atoms with E-state index in [2.05, 4.69) is 32.4 Å². The van der Waals surface area contributed by atoms with Crippen LogP contribution >= 0.6 is 0 Å². The fourth-order valence-corrected chi connectivity index (χ4v) is 4.63. The van der Waals surface area contributed by atoms with Crippen molar-refractivity contribution in [2.45, 2.75) is 38.4 Å². The quantitative estimate of drug-likeness (QED) is 0.778. The molecule has 1 saturated heterocycles. The SMILES string of the molecule is Cc1cn(-c2cc(CN3CCC[C@H](N)C3)cc(NC(=O)N3N=CC4C=CC=CC43)c2)cn1. The van der Waals surface area contributed by atoms with Crippen molar-refractivity contribution in [3.63, 3.8) is 0 Å². The third-order valence-electron chi connectivity index (χ3n) is 6.19. The van der Waals surface area contributed by atoms with Gasteiger partial charge in [-0.05, 0) is 50.1 Å². The van der Waals surface area contributed by atoms with Crippen molar-refractivity contribution in [1.29, 1.82) is 0 Å². The summed E-state index contributed by atoms with van der Waals surface area (Å²) in [6.45, 7) is 4.68. The minimum atomic E-state index is -0.237. The van der Waals surface area contributed by atoms with Crippen LogP contribution in [-0.4, -0.2) is 56.9 Å². The number of rotatable bonds is 4. The Balaban J connectivity index is 1.39. The highest BCUT2D eigenvalue weighted by Crippen LogP contribution is 2.26. The number of hydrazone groups is 1. The Bertz CT molecular complexity index is 1090. The molecule has 2 amide bonds. The monoisotopic (exact) mass is 431 g/mol. The van der Waals surface area contributed by atoms with E-state index in [1.54, 1.807) is 6.33 Å². The molecule has 1 aliphatic carbocycles. The predicted molar refractivity (Wildman–Crippen MR) is 126 cm³/mol. The summed E-state index contributed by atoms with van der Waals surface area (Å²) < 4.78 is 1.98. The van der Waals surface area contributed by atoms with Gasteiger partial charge in [0.2, 0.25) is 0 Å². The third-order valence-corrected chi connectivity index (χ3v) is 6.19. The number of likely N-dealkylation sites (tertiary alicyclic amines) is 1. The minimum absolute atomic E-state index is 0.0752. The van der Waals surface area contributed by atoms with E-state index in [0.717, 1.165) is 55.1 Å². The number of allylic oxidation sites excluding steroid dienone is 2. The molecule has 0 radical (unpaired) electrons. The second-order valence-corrected chi connectivity index (χ2v) is 8.82. The molecule has 2 aliphatic heterocycles. The van der Waals surface area contributed by atoms with Crippen molar-refractivity contribution in [3.05, 3.63) is 66.3 Å². The van der Waals surface area contributed by atoms with E-state index < -0.39 is 0 Å². The molecule has 0 spiro atoms. The number of nitrogens with zero attached hydrogens (tertiary/aromatic N) is 5. The topological polar surface area (TPSA) is 91.8 Å². The van der Waals surface area contributed by atoms with Crippen molar-refractivity contribution < 1.29 is 4.79 Å². The number of carbonyl (C=O) groups excluding carboxylic acids is 1. The summed E-state index contributed by atoms with van der Waals surface area (Å²) in [7, 11) is 0. The number of aryl methyl sites for hydroxylation is 1. The first-order valence-electron chi connectivity index (χ1n) is 11.2. The summed E-state index contributed by atoms with van der Waals surface area (Å²) in [5.74, 6) is 0.130. The van der Waals surface area contributed by atoms with E-state index in [1.165, 1.54) is 5.01 Å². The molecule has 166 valence electrons. The van der Waals surface area contributed by atoms with Crippen molar-refractivity contribution in [2.75, 3.05) is 18.4 Å². The van der Waals surface area contributed by atoms with Gasteiger partial charge in [-0.15, -0.1) is 0 Å². The number of hydrogen-bond acceptors (Lipinski definition) is 5. The smallest absolute Gasteiger partial charge is 0.327 e. The summed E-state index contributed by atoms with van der Waals surface area (Å²) in [5, 5.41) is 8.92. The number of aromatic nitrogens is 2. The number of fused-ring (bicyclic) bond motifs is 1. The summed E-state index contributed by atoms with van der Waals surface area (Å²) in [6, 6.07) is 6.07. The number of anilines is 1. The van der Waals surface area contributed by atoms with Gasteiger partial charge >= 0.3 is 6.03 Å². The molecule has 8 heteroatoms. The summed E-state index contributed by atoms with van der Waals surface area (Å²) in [5.41, 5.74) is 9.95. The lowest BCUT2D eigenvalue weighted by Gasteiger charge is -2.31. The van der Waals surface area contributed by atoms with Crippen LogP contribution in [0.15, 0.2) is 60.1 Å². The molecule has 2 unspecified atom stereocenters. The highest BCUT2D eigenvalue weighted by molar-refractivity contribution is 5.92. The normalized spacial score (nSPS) is 24.7. The average molecular weight is 432 g/mol. The molecule has 3 N–H and O–H groups in total. The van der Waals surface area contributed by atoms with E-state index in [4.69, 9.17) is 5.73 Å². The highest BCUT2D eigenvalue weighted by atomic mass is 16.2. The molecule has 1 aromatic carbocycles. The maximum atomic E-state index is 13.1. The van der Waals surface area contributed by atoms with Crippen LogP contribution in [0.1, 0.15) is 24.1 Å². The molecule has 0 saturated carbocycles. The van der Waals surface area contributed by atoms with Crippen LogP contribution in [-0.2, 0) is 6.54 Å². The molecule has 2 aromatic rings. The number of nitrogens with two attached hydrogens (primary N) is 1. The Morgan fingerprint density at radius 3 is 2.94 bits per heavy atom. The van der Waals surface area contributed by atoms with Crippen LogP contribution in [0.5, 0.6) is 0 Å². The van der Waals surface area contributed by atoms with Crippen LogP contribution in [0.2, 0.25) is 0 Å². The maximum Gasteiger partial charge on any atom is 0.342 e. The van der Waals surface area contributed by atoms with E-state index in [-0.39, 0.29) is 24.0 Å². The number of piperidine rings is 1. The zero-order chi connectivity index (χ0) is 22.1. The Hall–Kier alpha value is -3.23. The van der Waals surface area contributed by atoms with Gasteiger partial charge in [-0.2, -0.15) is 5.10 Å². The second-order valence-electron chi connectivity index (χ2n) is 8.82. The number of benzene rings is 1. The van der Waals surface area contributed by atoms with Crippen molar-refractivity contribution in [2.24, 2.45) is 16.8 Å². The molecular formula is C24H29N7O. The lowest BCUT2D eigenvalue weighted by Crippen LogP contribution is -2.42. The number of nitrogens with one attached hydrogen (secondary N) is 1. The van der Waals surface area contributed by atoms with Crippen LogP contribution < -0.4 is 11.1 Å². The van der Waals surface area contributed by atoms with Gasteiger partial charge in [0.15, 0.2) is 0 Å². The van der Waals surface area contributed by atoms with Gasteiger partial charge in [0.25, 0.3) is 0 Å². The number of urea groups is 1. The zero-order valence-electron chi connectivity index (χ0n) is 18.3. The highest BCUT2D eigenvalue weighted by Gasteiger charge is 2.32. The molecule has 1 aromatic heterocycles. The van der Waals surface area contributed by atoms with E-state index in [1.807, 2.05) is 54.3 Å². The van der Waals surface area contributed by atoms with Crippen LogP contribution in [0.4, 0.5) is 10.5 Å². The summed E-state index contributed by atoms with van der Waals surface area (Å²) in [4.78, 5) is 19.8. The van der Waals surface area contributed by atoms with Gasteiger partial charge in [-0.3, -0.25) is 4.90 Å². The number of imidazole rings is 1. The van der Waals surface area contributed by atoms with Gasteiger partial charge in [0.1, 0.15) is 0 Å². The first kappa shape index (κ1) is 20.7. The Kier molecular flexibility index (Phi) is 5.63. The lowest BCUT2D eigenvalue weighted by molar-refractivity contribution is 0.201. The van der Waals surface area contributed by atoms with E-state index >= 15 is 0 Å². The van der Waals surface area contributed by atoms with Crippen molar-refractivity contribution in [3.8, 4) is 5.69 Å². The minimum Gasteiger partial charge on any atom is -0.327 e.